The van der Waals surface area contributed by atoms with Gasteiger partial charge in [-0.05, 0) is 5.56 Å². The minimum absolute atomic E-state index is 0.0482. The molecule has 0 atom stereocenters. The van der Waals surface area contributed by atoms with Crippen molar-refractivity contribution < 1.29 is 13.2 Å². The molecule has 6 heteroatoms. The third-order valence-electron chi connectivity index (χ3n) is 1.52. The minimum Gasteiger partial charge on any atom is -0.326 e. The van der Waals surface area contributed by atoms with Crippen molar-refractivity contribution in [2.45, 2.75) is 11.8 Å². The van der Waals surface area contributed by atoms with Gasteiger partial charge in [-0.25, -0.2) is 13.2 Å². The maximum absolute atomic E-state index is 12.9. The van der Waals surface area contributed by atoms with Crippen molar-refractivity contribution in [3.05, 3.63) is 33.5 Å². The normalized spacial score (nSPS) is 10.8. The maximum atomic E-state index is 12.9. The number of nitrogens with one attached hydrogen (secondary N) is 1. The summed E-state index contributed by atoms with van der Waals surface area (Å²) in [7, 11) is 0. The first-order valence-corrected chi connectivity index (χ1v) is 4.44. The van der Waals surface area contributed by atoms with Crippen molar-refractivity contribution in [2.24, 2.45) is 0 Å². The molecule has 0 aromatic carbocycles. The predicted octanol–water partition coefficient (Wildman–Crippen LogP) is 2.35. The molecule has 1 rings (SSSR count). The first kappa shape index (κ1) is 10.3. The van der Waals surface area contributed by atoms with Gasteiger partial charge in [0, 0.05) is 11.5 Å². The zero-order valence-electron chi connectivity index (χ0n) is 6.28. The summed E-state index contributed by atoms with van der Waals surface area (Å²) >= 11 is 2.91. The number of halogens is 4. The molecule has 0 saturated carbocycles. The zero-order chi connectivity index (χ0) is 10.0. The molecular weight excluding hydrogens is 251 g/mol. The van der Waals surface area contributed by atoms with Crippen LogP contribution < -0.4 is 5.56 Å². The van der Waals surface area contributed by atoms with Crippen LogP contribution in [0.4, 0.5) is 13.2 Å². The Kier molecular flexibility index (Phi) is 3.13. The summed E-state index contributed by atoms with van der Waals surface area (Å²) in [6, 6.07) is 0. The first-order valence-electron chi connectivity index (χ1n) is 3.32. The van der Waals surface area contributed by atoms with Gasteiger partial charge in [0.2, 0.25) is 0 Å². The van der Waals surface area contributed by atoms with E-state index < -0.39 is 23.4 Å². The maximum Gasteiger partial charge on any atom is 0.284 e. The molecule has 13 heavy (non-hydrogen) atoms. The third kappa shape index (κ3) is 1.93. The molecule has 1 aromatic rings. The van der Waals surface area contributed by atoms with E-state index in [1.54, 1.807) is 0 Å². The lowest BCUT2D eigenvalue weighted by molar-refractivity contribution is 0.145. The highest BCUT2D eigenvalue weighted by Gasteiger charge is 2.20. The van der Waals surface area contributed by atoms with Gasteiger partial charge in [0.05, 0.1) is 5.56 Å². The van der Waals surface area contributed by atoms with Crippen LogP contribution in [0.1, 0.15) is 17.6 Å². The molecular formula is C7H5BrF3NO. The Morgan fingerprint density at radius 2 is 2.15 bits per heavy atom. The minimum atomic E-state index is -2.98. The number of aromatic amines is 1. The SMILES string of the molecule is O=c1[nH]cc(CBr)c(C(F)F)c1F. The number of hydrogen-bond donors (Lipinski definition) is 1. The number of aromatic nitrogens is 1. The summed E-state index contributed by atoms with van der Waals surface area (Å²) in [6.45, 7) is 0. The van der Waals surface area contributed by atoms with Gasteiger partial charge in [-0.1, -0.05) is 15.9 Å². The standard InChI is InChI=1S/C7H5BrF3NO/c8-1-3-2-12-7(13)5(9)4(3)6(10)11/h2,6H,1H2,(H,12,13). The lowest BCUT2D eigenvalue weighted by atomic mass is 10.1. The van der Waals surface area contributed by atoms with Crippen LogP contribution in [0.5, 0.6) is 0 Å². The van der Waals surface area contributed by atoms with E-state index in [2.05, 4.69) is 15.9 Å². The van der Waals surface area contributed by atoms with E-state index in [0.717, 1.165) is 6.20 Å². The molecule has 1 aromatic heterocycles. The third-order valence-corrected chi connectivity index (χ3v) is 2.13. The Morgan fingerprint density at radius 3 is 2.62 bits per heavy atom. The lowest BCUT2D eigenvalue weighted by Gasteiger charge is -2.05. The fourth-order valence-electron chi connectivity index (χ4n) is 0.904. The number of rotatable bonds is 2. The molecule has 2 nitrogen and oxygen atoms in total. The largest absolute Gasteiger partial charge is 0.326 e. The molecule has 0 amide bonds. The molecule has 1 heterocycles. The molecule has 72 valence electrons. The molecule has 0 aliphatic carbocycles. The lowest BCUT2D eigenvalue weighted by Crippen LogP contribution is -2.15. The fourth-order valence-corrected chi connectivity index (χ4v) is 1.37. The Bertz CT molecular complexity index is 363. The van der Waals surface area contributed by atoms with Crippen LogP contribution >= 0.6 is 15.9 Å². The molecule has 0 fully saturated rings. The van der Waals surface area contributed by atoms with Gasteiger partial charge < -0.3 is 4.98 Å². The van der Waals surface area contributed by atoms with E-state index in [1.807, 2.05) is 4.98 Å². The molecule has 0 bridgehead atoms. The van der Waals surface area contributed by atoms with Crippen molar-refractivity contribution >= 4 is 15.9 Å². The van der Waals surface area contributed by atoms with Gasteiger partial charge >= 0.3 is 0 Å². The van der Waals surface area contributed by atoms with Gasteiger partial charge in [0.1, 0.15) is 0 Å². The van der Waals surface area contributed by atoms with Gasteiger partial charge in [-0.3, -0.25) is 4.79 Å². The van der Waals surface area contributed by atoms with Gasteiger partial charge in [0.15, 0.2) is 5.82 Å². The van der Waals surface area contributed by atoms with Crippen molar-refractivity contribution in [2.75, 3.05) is 0 Å². The fraction of sp³-hybridized carbons (Fsp3) is 0.286. The summed E-state index contributed by atoms with van der Waals surface area (Å²) in [5.74, 6) is -1.41. The molecule has 0 radical (unpaired) electrons. The van der Waals surface area contributed by atoms with E-state index >= 15 is 0 Å². The number of pyridine rings is 1. The van der Waals surface area contributed by atoms with E-state index in [1.165, 1.54) is 0 Å². The summed E-state index contributed by atoms with van der Waals surface area (Å²) in [4.78, 5) is 12.7. The highest BCUT2D eigenvalue weighted by atomic mass is 79.9. The smallest absolute Gasteiger partial charge is 0.284 e. The highest BCUT2D eigenvalue weighted by Crippen LogP contribution is 2.24. The van der Waals surface area contributed by atoms with Gasteiger partial charge in [-0.15, -0.1) is 0 Å². The number of hydrogen-bond acceptors (Lipinski definition) is 1. The van der Waals surface area contributed by atoms with Gasteiger partial charge in [0.25, 0.3) is 12.0 Å². The van der Waals surface area contributed by atoms with Crippen LogP contribution in [0.25, 0.3) is 0 Å². The van der Waals surface area contributed by atoms with E-state index in [4.69, 9.17) is 0 Å². The Labute approximate surface area is 79.9 Å². The Morgan fingerprint density at radius 1 is 1.54 bits per heavy atom. The Hall–Kier alpha value is -0.780. The quantitative estimate of drug-likeness (QED) is 0.809. The molecule has 0 saturated heterocycles. The highest BCUT2D eigenvalue weighted by molar-refractivity contribution is 9.08. The second-order valence-electron chi connectivity index (χ2n) is 2.31. The molecule has 0 aliphatic heterocycles. The van der Waals surface area contributed by atoms with Crippen LogP contribution in [0, 0.1) is 5.82 Å². The molecule has 0 spiro atoms. The summed E-state index contributed by atoms with van der Waals surface area (Å²) < 4.78 is 37.3. The zero-order valence-corrected chi connectivity index (χ0v) is 7.87. The first-order chi connectivity index (χ1) is 6.07. The van der Waals surface area contributed by atoms with Gasteiger partial charge in [-0.2, -0.15) is 0 Å². The number of H-pyrrole nitrogens is 1. The van der Waals surface area contributed by atoms with Crippen LogP contribution in [-0.2, 0) is 5.33 Å². The average molecular weight is 256 g/mol. The van der Waals surface area contributed by atoms with Crippen molar-refractivity contribution in [3.63, 3.8) is 0 Å². The molecule has 0 aliphatic rings. The van der Waals surface area contributed by atoms with E-state index in [9.17, 15) is 18.0 Å². The van der Waals surface area contributed by atoms with Crippen LogP contribution in [0.3, 0.4) is 0 Å². The van der Waals surface area contributed by atoms with E-state index in [-0.39, 0.29) is 10.9 Å². The van der Waals surface area contributed by atoms with Crippen molar-refractivity contribution in [3.8, 4) is 0 Å². The summed E-state index contributed by atoms with van der Waals surface area (Å²) in [5, 5.41) is 0.0698. The summed E-state index contributed by atoms with van der Waals surface area (Å²) in [5.41, 5.74) is -1.91. The monoisotopic (exact) mass is 255 g/mol. The van der Waals surface area contributed by atoms with Crippen LogP contribution in [0.15, 0.2) is 11.0 Å². The average Bonchev–Trinajstić information content (AvgIpc) is 2.08. The summed E-state index contributed by atoms with van der Waals surface area (Å²) in [6.07, 6.45) is -1.91. The topological polar surface area (TPSA) is 32.9 Å². The van der Waals surface area contributed by atoms with Crippen molar-refractivity contribution in [1.29, 1.82) is 0 Å². The predicted molar refractivity (Wildman–Crippen MR) is 44.6 cm³/mol. The molecule has 1 N–H and O–H groups in total. The van der Waals surface area contributed by atoms with Crippen LogP contribution in [-0.4, -0.2) is 4.98 Å². The van der Waals surface area contributed by atoms with Crippen molar-refractivity contribution in [1.82, 2.24) is 4.98 Å². The molecule has 0 unspecified atom stereocenters. The second-order valence-corrected chi connectivity index (χ2v) is 2.87. The second kappa shape index (κ2) is 3.95. The van der Waals surface area contributed by atoms with Crippen LogP contribution in [0.2, 0.25) is 0 Å². The number of alkyl halides is 3. The Balaban J connectivity index is 3.41. The van der Waals surface area contributed by atoms with E-state index in [0.29, 0.717) is 0 Å².